The lowest BCUT2D eigenvalue weighted by Crippen LogP contribution is -2.41. The van der Waals surface area contributed by atoms with Gasteiger partial charge < -0.3 is 10.8 Å². The smallest absolute Gasteiger partial charge is 0.152 e. The van der Waals surface area contributed by atoms with Gasteiger partial charge in [-0.05, 0) is 26.2 Å². The average Bonchev–Trinajstić information content (AvgIpc) is 2.19. The zero-order chi connectivity index (χ0) is 13.0. The molecule has 0 radical (unpaired) electrons. The summed E-state index contributed by atoms with van der Waals surface area (Å²) in [5.74, 6) is 0.269. The molecule has 0 bridgehead atoms. The summed E-state index contributed by atoms with van der Waals surface area (Å²) in [4.78, 5) is 0. The first kappa shape index (κ1) is 15.9. The molecule has 1 unspecified atom stereocenters. The fourth-order valence-corrected chi connectivity index (χ4v) is 2.70. The van der Waals surface area contributed by atoms with Crippen LogP contribution in [0.5, 0.6) is 0 Å². The summed E-state index contributed by atoms with van der Waals surface area (Å²) in [7, 11) is -3.05. The van der Waals surface area contributed by atoms with Gasteiger partial charge in [0.25, 0.3) is 0 Å². The molecule has 0 spiro atoms. The Morgan fingerprint density at radius 3 is 2.00 bits per heavy atom. The van der Waals surface area contributed by atoms with Crippen molar-refractivity contribution in [3.05, 3.63) is 0 Å². The first-order valence-corrected chi connectivity index (χ1v) is 7.46. The van der Waals surface area contributed by atoms with Gasteiger partial charge in [-0.1, -0.05) is 13.8 Å². The summed E-state index contributed by atoms with van der Waals surface area (Å²) in [5, 5.41) is 9.04. The van der Waals surface area contributed by atoms with Gasteiger partial charge in [-0.15, -0.1) is 0 Å². The molecule has 0 saturated carbocycles. The number of sulfone groups is 1. The third-order valence-electron chi connectivity index (χ3n) is 3.55. The zero-order valence-electron chi connectivity index (χ0n) is 10.7. The van der Waals surface area contributed by atoms with Gasteiger partial charge in [-0.2, -0.15) is 0 Å². The van der Waals surface area contributed by atoms with Crippen molar-refractivity contribution >= 4 is 9.84 Å². The van der Waals surface area contributed by atoms with E-state index in [0.29, 0.717) is 13.0 Å². The molecule has 4 nitrogen and oxygen atoms in total. The Bertz CT molecular complexity index is 292. The van der Waals surface area contributed by atoms with Gasteiger partial charge >= 0.3 is 0 Å². The molecule has 0 aliphatic heterocycles. The van der Waals surface area contributed by atoms with E-state index in [0.717, 1.165) is 0 Å². The number of nitrogens with two attached hydrogens (primary N) is 1. The maximum Gasteiger partial charge on any atom is 0.152 e. The molecule has 0 fully saturated rings. The molecule has 0 amide bonds. The summed E-state index contributed by atoms with van der Waals surface area (Å²) in [6, 6.07) is 0. The second-order valence-electron chi connectivity index (χ2n) is 5.05. The normalized spacial score (nSPS) is 16.8. The van der Waals surface area contributed by atoms with Gasteiger partial charge in [-0.25, -0.2) is 8.42 Å². The number of hydrogen-bond acceptors (Lipinski definition) is 4. The van der Waals surface area contributed by atoms with E-state index in [9.17, 15) is 13.5 Å². The van der Waals surface area contributed by atoms with E-state index in [1.54, 1.807) is 13.8 Å². The second-order valence-corrected chi connectivity index (χ2v) is 7.72. The monoisotopic (exact) mass is 251 g/mol. The van der Waals surface area contributed by atoms with Crippen molar-refractivity contribution in [3.63, 3.8) is 0 Å². The molecule has 1 atom stereocenters. The molecular formula is C11H25NO3S. The van der Waals surface area contributed by atoms with Crippen molar-refractivity contribution in [1.29, 1.82) is 0 Å². The molecule has 0 aromatic rings. The fourth-order valence-electron chi connectivity index (χ4n) is 1.53. The van der Waals surface area contributed by atoms with Crippen LogP contribution in [-0.4, -0.2) is 37.7 Å². The second kappa shape index (κ2) is 5.98. The molecule has 0 aliphatic carbocycles. The van der Waals surface area contributed by atoms with E-state index in [1.165, 1.54) is 0 Å². The summed E-state index contributed by atoms with van der Waals surface area (Å²) in [5.41, 5.74) is 5.20. The molecule has 3 N–H and O–H groups in total. The van der Waals surface area contributed by atoms with Crippen LogP contribution >= 0.6 is 0 Å². The summed E-state index contributed by atoms with van der Waals surface area (Å²) in [6.07, 6.45) is 0.429. The summed E-state index contributed by atoms with van der Waals surface area (Å²) < 4.78 is 23.4. The fraction of sp³-hybridized carbons (Fsp3) is 1.00. The molecule has 0 rings (SSSR count). The first-order chi connectivity index (χ1) is 7.22. The molecule has 5 heteroatoms. The minimum absolute atomic E-state index is 0.0607. The minimum atomic E-state index is -3.05. The predicted molar refractivity (Wildman–Crippen MR) is 67.0 cm³/mol. The lowest BCUT2D eigenvalue weighted by Gasteiger charge is -2.34. The zero-order valence-corrected chi connectivity index (χ0v) is 11.5. The van der Waals surface area contributed by atoms with Crippen LogP contribution in [0.25, 0.3) is 0 Å². The van der Waals surface area contributed by atoms with Crippen molar-refractivity contribution in [3.8, 4) is 0 Å². The molecule has 98 valence electrons. The lowest BCUT2D eigenvalue weighted by atomic mass is 9.76. The molecule has 0 aromatic heterocycles. The molecule has 0 aromatic carbocycles. The third kappa shape index (κ3) is 3.71. The van der Waals surface area contributed by atoms with Crippen molar-refractivity contribution < 1.29 is 13.5 Å². The molecular weight excluding hydrogens is 226 g/mol. The highest BCUT2D eigenvalue weighted by atomic mass is 32.2. The van der Waals surface area contributed by atoms with E-state index in [1.807, 2.05) is 13.8 Å². The number of rotatable bonds is 7. The van der Waals surface area contributed by atoms with Crippen LogP contribution in [-0.2, 0) is 9.84 Å². The maximum absolute atomic E-state index is 11.7. The summed E-state index contributed by atoms with van der Waals surface area (Å²) in [6.45, 7) is 7.53. The van der Waals surface area contributed by atoms with Crippen LogP contribution in [0.2, 0.25) is 0 Å². The van der Waals surface area contributed by atoms with E-state index in [2.05, 4.69) is 0 Å². The van der Waals surface area contributed by atoms with Crippen LogP contribution in [0, 0.1) is 11.3 Å². The van der Waals surface area contributed by atoms with Gasteiger partial charge in [-0.3, -0.25) is 0 Å². The highest BCUT2D eigenvalue weighted by Gasteiger charge is 2.33. The predicted octanol–water partition coefficient (Wildman–Crippen LogP) is 0.793. The van der Waals surface area contributed by atoms with Gasteiger partial charge in [0.1, 0.15) is 0 Å². The first-order valence-electron chi connectivity index (χ1n) is 5.74. The van der Waals surface area contributed by atoms with Crippen LogP contribution in [0.4, 0.5) is 0 Å². The largest absolute Gasteiger partial charge is 0.396 e. The van der Waals surface area contributed by atoms with E-state index in [4.69, 9.17) is 5.73 Å². The van der Waals surface area contributed by atoms with E-state index < -0.39 is 15.3 Å². The highest BCUT2D eigenvalue weighted by Crippen LogP contribution is 2.30. The van der Waals surface area contributed by atoms with Crippen molar-refractivity contribution in [2.75, 3.05) is 18.9 Å². The Kier molecular flexibility index (Phi) is 5.93. The van der Waals surface area contributed by atoms with Gasteiger partial charge in [0.05, 0.1) is 17.6 Å². The Balaban J connectivity index is 4.69. The number of aliphatic hydroxyl groups excluding tert-OH is 1. The lowest BCUT2D eigenvalue weighted by molar-refractivity contribution is 0.0809. The van der Waals surface area contributed by atoms with Gasteiger partial charge in [0.2, 0.25) is 0 Å². The van der Waals surface area contributed by atoms with Crippen molar-refractivity contribution in [2.24, 2.45) is 17.1 Å². The van der Waals surface area contributed by atoms with Crippen LogP contribution in [0.1, 0.15) is 34.1 Å². The van der Waals surface area contributed by atoms with Crippen LogP contribution in [0.3, 0.4) is 0 Å². The highest BCUT2D eigenvalue weighted by molar-refractivity contribution is 7.91. The Morgan fingerprint density at radius 2 is 1.75 bits per heavy atom. The average molecular weight is 251 g/mol. The molecule has 16 heavy (non-hydrogen) atoms. The quantitative estimate of drug-likeness (QED) is 0.701. The Labute approximate surface area is 99.1 Å². The van der Waals surface area contributed by atoms with Crippen molar-refractivity contribution in [1.82, 2.24) is 0 Å². The SMILES string of the molecule is CC(C)C(CN)(CO)CCS(=O)(=O)C(C)C. The van der Waals surface area contributed by atoms with E-state index in [-0.39, 0.29) is 23.5 Å². The molecule has 0 heterocycles. The molecule has 0 saturated heterocycles. The Morgan fingerprint density at radius 1 is 1.25 bits per heavy atom. The summed E-state index contributed by atoms with van der Waals surface area (Å²) >= 11 is 0. The van der Waals surface area contributed by atoms with E-state index >= 15 is 0 Å². The van der Waals surface area contributed by atoms with Crippen molar-refractivity contribution in [2.45, 2.75) is 39.4 Å². The van der Waals surface area contributed by atoms with Gasteiger partial charge in [0.15, 0.2) is 9.84 Å². The van der Waals surface area contributed by atoms with Gasteiger partial charge in [0, 0.05) is 12.0 Å². The maximum atomic E-state index is 11.7. The number of aliphatic hydroxyl groups is 1. The van der Waals surface area contributed by atoms with Crippen LogP contribution in [0.15, 0.2) is 0 Å². The minimum Gasteiger partial charge on any atom is -0.396 e. The topological polar surface area (TPSA) is 80.4 Å². The molecule has 0 aliphatic rings. The number of hydrogen-bond donors (Lipinski definition) is 2. The Hall–Kier alpha value is -0.130. The standard InChI is InChI=1S/C11H25NO3S/c1-9(2)11(7-12,8-13)5-6-16(14,15)10(3)4/h9-10,13H,5-8,12H2,1-4H3. The third-order valence-corrected chi connectivity index (χ3v) is 5.76. The van der Waals surface area contributed by atoms with Crippen LogP contribution < -0.4 is 5.73 Å².